The Hall–Kier alpha value is -3.41. The number of hydrogen-bond donors (Lipinski definition) is 3. The fourth-order valence-corrected chi connectivity index (χ4v) is 5.74. The monoisotopic (exact) mass is 527 g/mol. The number of ether oxygens (including phenoxy) is 1. The van der Waals surface area contributed by atoms with Crippen molar-refractivity contribution in [2.45, 2.75) is 43.6 Å². The number of methoxy groups -OCH3 is 1. The van der Waals surface area contributed by atoms with Crippen molar-refractivity contribution in [3.63, 3.8) is 0 Å². The van der Waals surface area contributed by atoms with Crippen LogP contribution in [0.3, 0.4) is 0 Å². The highest BCUT2D eigenvalue weighted by molar-refractivity contribution is 7.91. The SMILES string of the molecule is COc1cccc2c1c(-c1ccsc1S(N)(=O)=O)nn2Cc1cccc(CNC(=O)NC(C)(C)C)c1. The minimum absolute atomic E-state index is 0.0570. The lowest BCUT2D eigenvalue weighted by atomic mass is 10.1. The second-order valence-corrected chi connectivity index (χ2v) is 12.1. The summed E-state index contributed by atoms with van der Waals surface area (Å²) in [7, 11) is -2.35. The van der Waals surface area contributed by atoms with Crippen molar-refractivity contribution in [2.75, 3.05) is 7.11 Å². The third kappa shape index (κ3) is 5.69. The molecule has 2 aromatic heterocycles. The van der Waals surface area contributed by atoms with E-state index in [0.29, 0.717) is 35.5 Å². The van der Waals surface area contributed by atoms with Gasteiger partial charge in [0.2, 0.25) is 10.0 Å². The zero-order valence-electron chi connectivity index (χ0n) is 20.5. The minimum atomic E-state index is -3.92. The van der Waals surface area contributed by atoms with Crippen LogP contribution in [0.5, 0.6) is 5.75 Å². The molecule has 9 nitrogen and oxygen atoms in total. The van der Waals surface area contributed by atoms with Crippen molar-refractivity contribution in [1.82, 2.24) is 20.4 Å². The molecule has 4 rings (SSSR count). The summed E-state index contributed by atoms with van der Waals surface area (Å²) < 4.78 is 31.8. The molecule has 2 heterocycles. The van der Waals surface area contributed by atoms with Gasteiger partial charge in [0.1, 0.15) is 15.7 Å². The largest absolute Gasteiger partial charge is 0.496 e. The Morgan fingerprint density at radius 2 is 1.86 bits per heavy atom. The lowest BCUT2D eigenvalue weighted by Crippen LogP contribution is -2.46. The predicted molar refractivity (Wildman–Crippen MR) is 142 cm³/mol. The molecule has 0 aliphatic rings. The highest BCUT2D eigenvalue weighted by Crippen LogP contribution is 2.39. The van der Waals surface area contributed by atoms with Crippen molar-refractivity contribution >= 4 is 38.3 Å². The first-order valence-electron chi connectivity index (χ1n) is 11.2. The van der Waals surface area contributed by atoms with Crippen LogP contribution < -0.4 is 20.5 Å². The molecular formula is C25H29N5O4S2. The summed E-state index contributed by atoms with van der Waals surface area (Å²) in [5.74, 6) is 0.586. The Morgan fingerprint density at radius 3 is 2.56 bits per heavy atom. The number of carbonyl (C=O) groups is 1. The first-order chi connectivity index (χ1) is 17.0. The maximum absolute atomic E-state index is 12.2. The molecule has 0 spiro atoms. The van der Waals surface area contributed by atoms with E-state index in [9.17, 15) is 13.2 Å². The molecule has 0 radical (unpaired) electrons. The average molecular weight is 528 g/mol. The number of primary sulfonamides is 1. The highest BCUT2D eigenvalue weighted by atomic mass is 32.2. The van der Waals surface area contributed by atoms with Gasteiger partial charge >= 0.3 is 6.03 Å². The Morgan fingerprint density at radius 1 is 1.14 bits per heavy atom. The van der Waals surface area contributed by atoms with Gasteiger partial charge in [0.15, 0.2) is 0 Å². The van der Waals surface area contributed by atoms with Gasteiger partial charge in [-0.1, -0.05) is 30.3 Å². The predicted octanol–water partition coefficient (Wildman–Crippen LogP) is 4.07. The van der Waals surface area contributed by atoms with Gasteiger partial charge in [-0.05, 0) is 55.5 Å². The second-order valence-electron chi connectivity index (χ2n) is 9.41. The fourth-order valence-electron chi connectivity index (χ4n) is 3.95. The molecule has 0 saturated heterocycles. The summed E-state index contributed by atoms with van der Waals surface area (Å²) in [6, 6.07) is 14.9. The summed E-state index contributed by atoms with van der Waals surface area (Å²) in [5, 5.41) is 18.4. The number of fused-ring (bicyclic) bond motifs is 1. The number of urea groups is 1. The molecule has 0 aliphatic carbocycles. The number of sulfonamides is 1. The molecule has 4 N–H and O–H groups in total. The van der Waals surface area contributed by atoms with Crippen LogP contribution in [-0.4, -0.2) is 36.9 Å². The van der Waals surface area contributed by atoms with Gasteiger partial charge in [0, 0.05) is 17.6 Å². The smallest absolute Gasteiger partial charge is 0.315 e. The molecule has 11 heteroatoms. The minimum Gasteiger partial charge on any atom is -0.496 e. The van der Waals surface area contributed by atoms with Crippen LogP contribution in [0.15, 0.2) is 58.1 Å². The molecule has 0 aliphatic heterocycles. The van der Waals surface area contributed by atoms with Gasteiger partial charge in [0.05, 0.1) is 24.6 Å². The molecule has 0 bridgehead atoms. The van der Waals surface area contributed by atoms with Crippen molar-refractivity contribution in [3.05, 3.63) is 65.0 Å². The quantitative estimate of drug-likeness (QED) is 0.334. The Balaban J connectivity index is 1.68. The van der Waals surface area contributed by atoms with Crippen molar-refractivity contribution in [1.29, 1.82) is 0 Å². The molecule has 2 amide bonds. The Kier molecular flexibility index (Phi) is 7.07. The van der Waals surface area contributed by atoms with E-state index in [0.717, 1.165) is 28.0 Å². The highest BCUT2D eigenvalue weighted by Gasteiger charge is 2.24. The normalized spacial score (nSPS) is 12.0. The van der Waals surface area contributed by atoms with Crippen LogP contribution in [0.25, 0.3) is 22.2 Å². The molecule has 0 saturated carbocycles. The summed E-state index contributed by atoms with van der Waals surface area (Å²) in [6.07, 6.45) is 0. The van der Waals surface area contributed by atoms with Gasteiger partial charge in [-0.2, -0.15) is 5.10 Å². The van der Waals surface area contributed by atoms with E-state index in [-0.39, 0.29) is 15.8 Å². The van der Waals surface area contributed by atoms with Crippen molar-refractivity contribution in [3.8, 4) is 17.0 Å². The van der Waals surface area contributed by atoms with Gasteiger partial charge in [-0.25, -0.2) is 18.4 Å². The molecule has 0 unspecified atom stereocenters. The third-order valence-electron chi connectivity index (χ3n) is 5.37. The average Bonchev–Trinajstić information content (AvgIpc) is 3.42. The third-order valence-corrected chi connectivity index (χ3v) is 7.80. The summed E-state index contributed by atoms with van der Waals surface area (Å²) in [4.78, 5) is 12.1. The van der Waals surface area contributed by atoms with E-state index in [1.807, 2.05) is 67.9 Å². The van der Waals surface area contributed by atoms with Crippen LogP contribution >= 0.6 is 11.3 Å². The number of nitrogens with two attached hydrogens (primary N) is 1. The Labute approximate surface area is 214 Å². The maximum Gasteiger partial charge on any atom is 0.315 e. The van der Waals surface area contributed by atoms with Gasteiger partial charge < -0.3 is 15.4 Å². The van der Waals surface area contributed by atoms with Crippen LogP contribution in [0.1, 0.15) is 31.9 Å². The Bertz CT molecular complexity index is 1520. The van der Waals surface area contributed by atoms with Crippen molar-refractivity contribution in [2.24, 2.45) is 5.14 Å². The standard InChI is InChI=1S/C25H29N5O4S2/c1-25(2,3)28-24(31)27-14-16-7-5-8-17(13-16)15-30-19-9-6-10-20(34-4)21(19)22(29-30)18-11-12-35-23(18)36(26,32)33/h5-13H,14-15H2,1-4H3,(H2,26,32,33)(H2,27,28,31). The first-order valence-corrected chi connectivity index (χ1v) is 13.7. The van der Waals surface area contributed by atoms with Gasteiger partial charge in [-0.15, -0.1) is 11.3 Å². The summed E-state index contributed by atoms with van der Waals surface area (Å²) >= 11 is 1.06. The maximum atomic E-state index is 12.2. The van der Waals surface area contributed by atoms with Gasteiger partial charge in [-0.3, -0.25) is 4.68 Å². The number of rotatable bonds is 7. The molecule has 0 atom stereocenters. The topological polar surface area (TPSA) is 128 Å². The van der Waals surface area contributed by atoms with Crippen LogP contribution in [0.4, 0.5) is 4.79 Å². The van der Waals surface area contributed by atoms with Crippen LogP contribution in [0, 0.1) is 0 Å². The molecule has 190 valence electrons. The fraction of sp³-hybridized carbons (Fsp3) is 0.280. The zero-order chi connectivity index (χ0) is 26.1. The van der Waals surface area contributed by atoms with E-state index in [4.69, 9.17) is 15.0 Å². The van der Waals surface area contributed by atoms with E-state index >= 15 is 0 Å². The van der Waals surface area contributed by atoms with E-state index in [1.165, 1.54) is 0 Å². The van der Waals surface area contributed by atoms with Crippen LogP contribution in [0.2, 0.25) is 0 Å². The number of benzene rings is 2. The van der Waals surface area contributed by atoms with Crippen molar-refractivity contribution < 1.29 is 17.9 Å². The molecule has 2 aromatic carbocycles. The molecule has 36 heavy (non-hydrogen) atoms. The lowest BCUT2D eigenvalue weighted by Gasteiger charge is -2.20. The first kappa shape index (κ1) is 25.7. The number of carbonyl (C=O) groups excluding carboxylic acids is 1. The molecule has 4 aromatic rings. The molecule has 0 fully saturated rings. The van der Waals surface area contributed by atoms with Gasteiger partial charge in [0.25, 0.3) is 0 Å². The summed E-state index contributed by atoms with van der Waals surface area (Å²) in [5.41, 5.74) is 3.32. The molecular weight excluding hydrogens is 498 g/mol. The number of nitrogens with one attached hydrogen (secondary N) is 2. The van der Waals surface area contributed by atoms with Crippen LogP contribution in [-0.2, 0) is 23.1 Å². The van der Waals surface area contributed by atoms with E-state index < -0.39 is 10.0 Å². The second kappa shape index (κ2) is 9.92. The number of nitrogens with zero attached hydrogens (tertiary/aromatic N) is 2. The number of thiophene rings is 1. The number of amides is 2. The van der Waals surface area contributed by atoms with E-state index in [1.54, 1.807) is 18.6 Å². The summed E-state index contributed by atoms with van der Waals surface area (Å²) in [6.45, 7) is 6.58. The zero-order valence-corrected chi connectivity index (χ0v) is 22.2. The van der Waals surface area contributed by atoms with E-state index in [2.05, 4.69) is 10.6 Å². The number of aromatic nitrogens is 2. The lowest BCUT2D eigenvalue weighted by molar-refractivity contribution is 0.231. The number of hydrogen-bond acceptors (Lipinski definition) is 6.